The minimum absolute atomic E-state index is 0.119. The van der Waals surface area contributed by atoms with E-state index in [0.717, 1.165) is 19.1 Å². The second-order valence-corrected chi connectivity index (χ2v) is 4.58. The van der Waals surface area contributed by atoms with Crippen molar-refractivity contribution in [2.45, 2.75) is 51.8 Å². The van der Waals surface area contributed by atoms with Crippen molar-refractivity contribution in [1.29, 1.82) is 0 Å². The van der Waals surface area contributed by atoms with Crippen LogP contribution in [-0.4, -0.2) is 29.8 Å². The fourth-order valence-corrected chi connectivity index (χ4v) is 3.16. The van der Waals surface area contributed by atoms with E-state index < -0.39 is 0 Å². The van der Waals surface area contributed by atoms with Crippen LogP contribution in [0.3, 0.4) is 0 Å². The summed E-state index contributed by atoms with van der Waals surface area (Å²) in [7, 11) is 0. The van der Waals surface area contributed by atoms with Crippen LogP contribution >= 0.6 is 0 Å². The molecule has 1 aliphatic heterocycles. The molecule has 0 radical (unpaired) electrons. The van der Waals surface area contributed by atoms with E-state index in [4.69, 9.17) is 4.74 Å². The highest BCUT2D eigenvalue weighted by atomic mass is 16.5. The average molecular weight is 183 g/mol. The summed E-state index contributed by atoms with van der Waals surface area (Å²) in [6.45, 7) is 8.93. The molecule has 2 fully saturated rings. The van der Waals surface area contributed by atoms with Crippen molar-refractivity contribution < 1.29 is 4.74 Å². The highest BCUT2D eigenvalue weighted by Crippen LogP contribution is 2.45. The van der Waals surface area contributed by atoms with Crippen molar-refractivity contribution in [3.05, 3.63) is 0 Å². The summed E-state index contributed by atoms with van der Waals surface area (Å²) >= 11 is 0. The molecule has 0 amide bonds. The van der Waals surface area contributed by atoms with Crippen LogP contribution in [0.25, 0.3) is 0 Å². The van der Waals surface area contributed by atoms with Gasteiger partial charge in [-0.1, -0.05) is 13.8 Å². The standard InChI is InChI=1S/C11H21NO/c1-4-12-10(3)8-13-11(12)7-5-6-9(11)2/h9-10H,4-8H2,1-3H3. The smallest absolute Gasteiger partial charge is 0.124 e. The Morgan fingerprint density at radius 2 is 2.23 bits per heavy atom. The molecule has 2 rings (SSSR count). The second kappa shape index (κ2) is 3.25. The third-order valence-corrected chi connectivity index (χ3v) is 3.88. The first-order valence-corrected chi connectivity index (χ1v) is 5.61. The summed E-state index contributed by atoms with van der Waals surface area (Å²) in [5.74, 6) is 0.720. The highest BCUT2D eigenvalue weighted by Gasteiger charge is 2.51. The van der Waals surface area contributed by atoms with E-state index >= 15 is 0 Å². The molecule has 2 nitrogen and oxygen atoms in total. The third kappa shape index (κ3) is 1.23. The Morgan fingerprint density at radius 3 is 2.77 bits per heavy atom. The molecule has 3 atom stereocenters. The van der Waals surface area contributed by atoms with Crippen LogP contribution in [0.5, 0.6) is 0 Å². The van der Waals surface area contributed by atoms with Gasteiger partial charge in [0.2, 0.25) is 0 Å². The predicted octanol–water partition coefficient (Wildman–Crippen LogP) is 2.24. The SMILES string of the molecule is CCN1C(C)COC12CCCC2C. The molecule has 0 aromatic rings. The Hall–Kier alpha value is -0.0800. The van der Waals surface area contributed by atoms with E-state index in [9.17, 15) is 0 Å². The molecule has 2 heteroatoms. The summed E-state index contributed by atoms with van der Waals surface area (Å²) in [5.41, 5.74) is 0.119. The van der Waals surface area contributed by atoms with Gasteiger partial charge in [-0.2, -0.15) is 0 Å². The van der Waals surface area contributed by atoms with Gasteiger partial charge < -0.3 is 4.74 Å². The lowest BCUT2D eigenvalue weighted by atomic mass is 10.00. The first-order chi connectivity index (χ1) is 6.20. The zero-order valence-electron chi connectivity index (χ0n) is 9.05. The number of rotatable bonds is 1. The molecule has 2 aliphatic rings. The van der Waals surface area contributed by atoms with Gasteiger partial charge in [0.05, 0.1) is 6.61 Å². The fraction of sp³-hybridized carbons (Fsp3) is 1.00. The molecule has 76 valence electrons. The highest BCUT2D eigenvalue weighted by molar-refractivity contribution is 4.97. The van der Waals surface area contributed by atoms with Gasteiger partial charge in [-0.3, -0.25) is 4.90 Å². The topological polar surface area (TPSA) is 12.5 Å². The maximum atomic E-state index is 6.06. The lowest BCUT2D eigenvalue weighted by molar-refractivity contribution is -0.106. The van der Waals surface area contributed by atoms with Crippen LogP contribution in [0.4, 0.5) is 0 Å². The molecule has 1 spiro atoms. The zero-order chi connectivity index (χ0) is 9.47. The Labute approximate surface area is 81.3 Å². The van der Waals surface area contributed by atoms with Gasteiger partial charge in [0, 0.05) is 6.04 Å². The van der Waals surface area contributed by atoms with E-state index in [1.807, 2.05) is 0 Å². The Kier molecular flexibility index (Phi) is 2.37. The summed E-state index contributed by atoms with van der Waals surface area (Å²) in [4.78, 5) is 2.56. The van der Waals surface area contributed by atoms with Crippen molar-refractivity contribution in [2.24, 2.45) is 5.92 Å². The fourth-order valence-electron chi connectivity index (χ4n) is 3.16. The van der Waals surface area contributed by atoms with Crippen LogP contribution < -0.4 is 0 Å². The Balaban J connectivity index is 2.21. The molecule has 3 unspecified atom stereocenters. The van der Waals surface area contributed by atoms with E-state index in [2.05, 4.69) is 25.7 Å². The number of likely N-dealkylation sites (N-methyl/N-ethyl adjacent to an activating group) is 1. The molecule has 1 aliphatic carbocycles. The van der Waals surface area contributed by atoms with Gasteiger partial charge in [-0.15, -0.1) is 0 Å². The molecule has 1 heterocycles. The molecule has 0 bridgehead atoms. The molecule has 1 saturated heterocycles. The third-order valence-electron chi connectivity index (χ3n) is 3.88. The van der Waals surface area contributed by atoms with E-state index in [1.54, 1.807) is 0 Å². The van der Waals surface area contributed by atoms with Crippen LogP contribution in [0.2, 0.25) is 0 Å². The van der Waals surface area contributed by atoms with Crippen molar-refractivity contribution >= 4 is 0 Å². The maximum Gasteiger partial charge on any atom is 0.124 e. The van der Waals surface area contributed by atoms with Crippen molar-refractivity contribution in [2.75, 3.05) is 13.2 Å². The van der Waals surface area contributed by atoms with E-state index in [0.29, 0.717) is 6.04 Å². The Morgan fingerprint density at radius 1 is 1.46 bits per heavy atom. The minimum atomic E-state index is 0.119. The van der Waals surface area contributed by atoms with E-state index in [1.165, 1.54) is 19.3 Å². The molecule has 1 saturated carbocycles. The molecular weight excluding hydrogens is 162 g/mol. The second-order valence-electron chi connectivity index (χ2n) is 4.58. The molecule has 13 heavy (non-hydrogen) atoms. The van der Waals surface area contributed by atoms with Crippen LogP contribution in [0.15, 0.2) is 0 Å². The summed E-state index contributed by atoms with van der Waals surface area (Å²) in [5, 5.41) is 0. The summed E-state index contributed by atoms with van der Waals surface area (Å²) < 4.78 is 6.06. The number of nitrogens with zero attached hydrogens (tertiary/aromatic N) is 1. The zero-order valence-corrected chi connectivity index (χ0v) is 9.05. The number of hydrogen-bond acceptors (Lipinski definition) is 2. The Bertz CT molecular complexity index is 195. The summed E-state index contributed by atoms with van der Waals surface area (Å²) in [6.07, 6.45) is 3.92. The molecular formula is C11H21NO. The monoisotopic (exact) mass is 183 g/mol. The van der Waals surface area contributed by atoms with Gasteiger partial charge in [0.25, 0.3) is 0 Å². The van der Waals surface area contributed by atoms with Gasteiger partial charge in [0.1, 0.15) is 5.72 Å². The number of hydrogen-bond donors (Lipinski definition) is 0. The maximum absolute atomic E-state index is 6.06. The molecule has 0 aromatic carbocycles. The van der Waals surface area contributed by atoms with Crippen LogP contribution in [0, 0.1) is 5.92 Å². The lowest BCUT2D eigenvalue weighted by Crippen LogP contribution is -2.49. The van der Waals surface area contributed by atoms with Crippen molar-refractivity contribution in [3.63, 3.8) is 0 Å². The predicted molar refractivity (Wildman–Crippen MR) is 53.5 cm³/mol. The first kappa shape index (κ1) is 9.47. The van der Waals surface area contributed by atoms with Gasteiger partial charge in [-0.05, 0) is 38.6 Å². The van der Waals surface area contributed by atoms with Gasteiger partial charge in [-0.25, -0.2) is 0 Å². The number of ether oxygens (including phenoxy) is 1. The van der Waals surface area contributed by atoms with Crippen LogP contribution in [0.1, 0.15) is 40.0 Å². The lowest BCUT2D eigenvalue weighted by Gasteiger charge is -2.38. The van der Waals surface area contributed by atoms with Gasteiger partial charge >= 0.3 is 0 Å². The minimum Gasteiger partial charge on any atom is -0.359 e. The molecule has 0 aromatic heterocycles. The summed E-state index contributed by atoms with van der Waals surface area (Å²) in [6, 6.07) is 0.616. The molecule has 0 N–H and O–H groups in total. The quantitative estimate of drug-likeness (QED) is 0.618. The van der Waals surface area contributed by atoms with Gasteiger partial charge in [0.15, 0.2) is 0 Å². The average Bonchev–Trinajstić information content (AvgIpc) is 2.61. The van der Waals surface area contributed by atoms with Crippen molar-refractivity contribution in [1.82, 2.24) is 4.90 Å². The van der Waals surface area contributed by atoms with Crippen molar-refractivity contribution in [3.8, 4) is 0 Å². The largest absolute Gasteiger partial charge is 0.359 e. The normalized spacial score (nSPS) is 46.4. The van der Waals surface area contributed by atoms with Crippen LogP contribution in [-0.2, 0) is 4.74 Å². The van der Waals surface area contributed by atoms with E-state index in [-0.39, 0.29) is 5.72 Å². The first-order valence-electron chi connectivity index (χ1n) is 5.61.